The average molecular weight is 148 g/mol. The van der Waals surface area contributed by atoms with Crippen molar-refractivity contribution in [2.24, 2.45) is 5.92 Å². The minimum absolute atomic E-state index is 0.286. The van der Waals surface area contributed by atoms with Crippen LogP contribution in [0.2, 0.25) is 0 Å². The van der Waals surface area contributed by atoms with Crippen LogP contribution in [0, 0.1) is 5.92 Å². The van der Waals surface area contributed by atoms with Gasteiger partial charge in [0.25, 0.3) is 0 Å². The van der Waals surface area contributed by atoms with Gasteiger partial charge in [0.05, 0.1) is 5.50 Å². The van der Waals surface area contributed by atoms with Gasteiger partial charge in [-0.3, -0.25) is 4.90 Å². The highest BCUT2D eigenvalue weighted by molar-refractivity contribution is 6.20. The van der Waals surface area contributed by atoms with Crippen LogP contribution in [0.25, 0.3) is 0 Å². The van der Waals surface area contributed by atoms with Crippen LogP contribution in [0.4, 0.5) is 0 Å². The first-order valence-electron chi connectivity index (χ1n) is 3.54. The van der Waals surface area contributed by atoms with E-state index in [9.17, 15) is 0 Å². The van der Waals surface area contributed by atoms with E-state index >= 15 is 0 Å². The number of alkyl halides is 1. The number of halogens is 1. The number of hydrogen-bond acceptors (Lipinski definition) is 1. The Morgan fingerprint density at radius 1 is 1.56 bits per heavy atom. The summed E-state index contributed by atoms with van der Waals surface area (Å²) >= 11 is 5.99. The summed E-state index contributed by atoms with van der Waals surface area (Å²) in [4.78, 5) is 2.21. The highest BCUT2D eigenvalue weighted by Crippen LogP contribution is 2.22. The minimum Gasteiger partial charge on any atom is -0.291 e. The van der Waals surface area contributed by atoms with Gasteiger partial charge in [0.2, 0.25) is 0 Å². The molecule has 1 aliphatic heterocycles. The van der Waals surface area contributed by atoms with Crippen LogP contribution in [0.15, 0.2) is 0 Å². The largest absolute Gasteiger partial charge is 0.291 e. The normalized spacial score (nSPS) is 39.0. The van der Waals surface area contributed by atoms with Gasteiger partial charge in [0, 0.05) is 0 Å². The predicted octanol–water partition coefficient (Wildman–Crippen LogP) is 1.91. The molecule has 1 nitrogen and oxygen atoms in total. The van der Waals surface area contributed by atoms with E-state index in [1.54, 1.807) is 0 Å². The molecular formula is C7H14ClN. The molecule has 1 rings (SSSR count). The lowest BCUT2D eigenvalue weighted by Crippen LogP contribution is -2.35. The summed E-state index contributed by atoms with van der Waals surface area (Å²) in [6.45, 7) is 3.43. The van der Waals surface area contributed by atoms with Crippen molar-refractivity contribution in [3.8, 4) is 0 Å². The molecule has 0 aromatic heterocycles. The molecule has 0 bridgehead atoms. The highest BCUT2D eigenvalue weighted by Gasteiger charge is 2.20. The second-order valence-corrected chi connectivity index (χ2v) is 3.55. The Morgan fingerprint density at radius 2 is 2.22 bits per heavy atom. The van der Waals surface area contributed by atoms with Crippen molar-refractivity contribution in [1.82, 2.24) is 4.90 Å². The zero-order valence-corrected chi connectivity index (χ0v) is 6.86. The molecule has 0 aromatic rings. The van der Waals surface area contributed by atoms with Crippen LogP contribution in [-0.2, 0) is 0 Å². The fraction of sp³-hybridized carbons (Fsp3) is 1.00. The monoisotopic (exact) mass is 147 g/mol. The van der Waals surface area contributed by atoms with Crippen LogP contribution >= 0.6 is 11.6 Å². The average Bonchev–Trinajstić information content (AvgIpc) is 1.80. The molecule has 0 aliphatic carbocycles. The van der Waals surface area contributed by atoms with Crippen molar-refractivity contribution in [1.29, 1.82) is 0 Å². The fourth-order valence-corrected chi connectivity index (χ4v) is 1.60. The molecule has 2 atom stereocenters. The zero-order valence-electron chi connectivity index (χ0n) is 6.10. The number of piperidine rings is 1. The molecule has 0 amide bonds. The van der Waals surface area contributed by atoms with Crippen molar-refractivity contribution in [2.45, 2.75) is 25.3 Å². The summed E-state index contributed by atoms with van der Waals surface area (Å²) in [6.07, 6.45) is 2.46. The lowest BCUT2D eigenvalue weighted by molar-refractivity contribution is 0.203. The summed E-state index contributed by atoms with van der Waals surface area (Å²) in [6, 6.07) is 0. The molecule has 9 heavy (non-hydrogen) atoms. The van der Waals surface area contributed by atoms with Crippen molar-refractivity contribution in [3.63, 3.8) is 0 Å². The quantitative estimate of drug-likeness (QED) is 0.374. The first-order chi connectivity index (χ1) is 4.20. The van der Waals surface area contributed by atoms with Gasteiger partial charge in [-0.1, -0.05) is 6.92 Å². The third-order valence-corrected chi connectivity index (χ3v) is 2.56. The molecule has 0 spiro atoms. The topological polar surface area (TPSA) is 3.24 Å². The molecule has 1 fully saturated rings. The van der Waals surface area contributed by atoms with Gasteiger partial charge in [0.15, 0.2) is 0 Å². The molecule has 0 saturated carbocycles. The Morgan fingerprint density at radius 3 is 2.67 bits per heavy atom. The van der Waals surface area contributed by atoms with Crippen LogP contribution < -0.4 is 0 Å². The van der Waals surface area contributed by atoms with Gasteiger partial charge in [0.1, 0.15) is 0 Å². The maximum absolute atomic E-state index is 5.99. The Balaban J connectivity index is 2.35. The second kappa shape index (κ2) is 2.89. The van der Waals surface area contributed by atoms with Gasteiger partial charge < -0.3 is 0 Å². The van der Waals surface area contributed by atoms with Crippen LogP contribution in [0.5, 0.6) is 0 Å². The number of nitrogens with zero attached hydrogens (tertiary/aromatic N) is 1. The van der Waals surface area contributed by atoms with E-state index in [-0.39, 0.29) is 5.50 Å². The van der Waals surface area contributed by atoms with Crippen LogP contribution in [-0.4, -0.2) is 24.0 Å². The van der Waals surface area contributed by atoms with E-state index in [1.807, 2.05) is 0 Å². The molecule has 0 N–H and O–H groups in total. The Labute approximate surface area is 62.0 Å². The van der Waals surface area contributed by atoms with E-state index in [4.69, 9.17) is 11.6 Å². The summed E-state index contributed by atoms with van der Waals surface area (Å²) < 4.78 is 0. The molecule has 1 aliphatic rings. The molecule has 0 radical (unpaired) electrons. The molecule has 54 valence electrons. The number of rotatable bonds is 0. The lowest BCUT2D eigenvalue weighted by Gasteiger charge is -2.31. The Bertz CT molecular complexity index is 94.9. The highest BCUT2D eigenvalue weighted by atomic mass is 35.5. The first-order valence-corrected chi connectivity index (χ1v) is 3.98. The van der Waals surface area contributed by atoms with Crippen molar-refractivity contribution in [3.05, 3.63) is 0 Å². The zero-order chi connectivity index (χ0) is 6.85. The minimum atomic E-state index is 0.286. The van der Waals surface area contributed by atoms with Gasteiger partial charge in [-0.2, -0.15) is 0 Å². The molecule has 0 aromatic carbocycles. The van der Waals surface area contributed by atoms with Crippen LogP contribution in [0.3, 0.4) is 0 Å². The standard InChI is InChI=1S/C7H14ClN/c1-6-3-4-9(2)7(8)5-6/h6-7H,3-5H2,1-2H3. The van der Waals surface area contributed by atoms with Crippen molar-refractivity contribution in [2.75, 3.05) is 13.6 Å². The molecule has 2 unspecified atom stereocenters. The first kappa shape index (κ1) is 7.36. The maximum Gasteiger partial charge on any atom is 0.0850 e. The van der Waals surface area contributed by atoms with E-state index in [0.717, 1.165) is 18.9 Å². The van der Waals surface area contributed by atoms with Crippen molar-refractivity contribution < 1.29 is 0 Å². The Kier molecular flexibility index (Phi) is 2.36. The summed E-state index contributed by atoms with van der Waals surface area (Å²) in [5.74, 6) is 0.823. The lowest BCUT2D eigenvalue weighted by atomic mass is 10.00. The van der Waals surface area contributed by atoms with E-state index in [0.29, 0.717) is 0 Å². The Hall–Kier alpha value is 0.250. The summed E-state index contributed by atoms with van der Waals surface area (Å²) in [5, 5.41) is 0. The molecule has 1 saturated heterocycles. The smallest absolute Gasteiger partial charge is 0.0850 e. The molecular weight excluding hydrogens is 134 g/mol. The third kappa shape index (κ3) is 1.84. The summed E-state index contributed by atoms with van der Waals surface area (Å²) in [5.41, 5.74) is 0.286. The molecule has 1 heterocycles. The van der Waals surface area contributed by atoms with Gasteiger partial charge in [-0.25, -0.2) is 0 Å². The van der Waals surface area contributed by atoms with E-state index < -0.39 is 0 Å². The van der Waals surface area contributed by atoms with Gasteiger partial charge in [-0.15, -0.1) is 11.6 Å². The second-order valence-electron chi connectivity index (χ2n) is 3.04. The van der Waals surface area contributed by atoms with Crippen molar-refractivity contribution >= 4 is 11.6 Å². The number of hydrogen-bond donors (Lipinski definition) is 0. The molecule has 2 heteroatoms. The maximum atomic E-state index is 5.99. The SMILES string of the molecule is CC1CCN(C)C(Cl)C1. The third-order valence-electron chi connectivity index (χ3n) is 2.05. The van der Waals surface area contributed by atoms with E-state index in [1.165, 1.54) is 6.42 Å². The summed E-state index contributed by atoms with van der Waals surface area (Å²) in [7, 11) is 2.09. The number of likely N-dealkylation sites (tertiary alicyclic amines) is 1. The predicted molar refractivity (Wildman–Crippen MR) is 40.7 cm³/mol. The van der Waals surface area contributed by atoms with Gasteiger partial charge >= 0.3 is 0 Å². The fourth-order valence-electron chi connectivity index (χ4n) is 1.19. The van der Waals surface area contributed by atoms with Gasteiger partial charge in [-0.05, 0) is 32.4 Å². The van der Waals surface area contributed by atoms with E-state index in [2.05, 4.69) is 18.9 Å². The van der Waals surface area contributed by atoms with Crippen LogP contribution in [0.1, 0.15) is 19.8 Å².